The Labute approximate surface area is 111 Å². The number of nitrogens with one attached hydrogen (secondary N) is 1. The summed E-state index contributed by atoms with van der Waals surface area (Å²) in [5.74, 6) is 2.33. The fraction of sp³-hybridized carbons (Fsp3) is 0.417. The lowest BCUT2D eigenvalue weighted by Gasteiger charge is -2.07. The maximum Gasteiger partial charge on any atom is 0.158 e. The Hall–Kier alpha value is -2.15. The first kappa shape index (κ1) is 13.3. The highest BCUT2D eigenvalue weighted by Crippen LogP contribution is 2.11. The Morgan fingerprint density at radius 2 is 2.21 bits per heavy atom. The van der Waals surface area contributed by atoms with Crippen molar-refractivity contribution in [1.29, 1.82) is 0 Å². The molecule has 7 nitrogen and oxygen atoms in total. The molecule has 0 aliphatic heterocycles. The van der Waals surface area contributed by atoms with Gasteiger partial charge in [0.1, 0.15) is 18.2 Å². The number of aromatic nitrogens is 3. The zero-order valence-corrected chi connectivity index (χ0v) is 11.0. The van der Waals surface area contributed by atoms with E-state index in [1.165, 1.54) is 0 Å². The van der Waals surface area contributed by atoms with E-state index in [0.717, 1.165) is 11.5 Å². The van der Waals surface area contributed by atoms with Gasteiger partial charge < -0.3 is 20.3 Å². The number of hydrogen-bond donors (Lipinski definition) is 2. The summed E-state index contributed by atoms with van der Waals surface area (Å²) in [7, 11) is 0. The van der Waals surface area contributed by atoms with Gasteiger partial charge in [-0.1, -0.05) is 5.16 Å². The van der Waals surface area contributed by atoms with Gasteiger partial charge in [0, 0.05) is 18.7 Å². The van der Waals surface area contributed by atoms with Crippen molar-refractivity contribution in [1.82, 2.24) is 15.1 Å². The molecule has 0 spiro atoms. The molecule has 102 valence electrons. The molecule has 0 aliphatic carbocycles. The van der Waals surface area contributed by atoms with Crippen LogP contribution in [-0.4, -0.2) is 21.7 Å². The van der Waals surface area contributed by atoms with Gasteiger partial charge in [-0.05, 0) is 13.8 Å². The Kier molecular flexibility index (Phi) is 4.30. The molecule has 0 saturated heterocycles. The van der Waals surface area contributed by atoms with Crippen molar-refractivity contribution in [3.63, 3.8) is 0 Å². The molecule has 7 heteroatoms. The normalized spacial score (nSPS) is 10.6. The number of anilines is 2. The summed E-state index contributed by atoms with van der Waals surface area (Å²) in [4.78, 5) is 8.40. The first-order valence-corrected chi connectivity index (χ1v) is 6.04. The summed E-state index contributed by atoms with van der Waals surface area (Å²) in [5.41, 5.74) is 6.57. The minimum atomic E-state index is 0.345. The fourth-order valence-corrected chi connectivity index (χ4v) is 1.54. The molecule has 3 N–H and O–H groups in total. The van der Waals surface area contributed by atoms with E-state index in [4.69, 9.17) is 15.0 Å². The first-order valence-electron chi connectivity index (χ1n) is 6.04. The highest BCUT2D eigenvalue weighted by molar-refractivity contribution is 5.44. The maximum absolute atomic E-state index is 5.72. The van der Waals surface area contributed by atoms with Gasteiger partial charge in [-0.15, -0.1) is 0 Å². The van der Waals surface area contributed by atoms with E-state index >= 15 is 0 Å². The lowest BCUT2D eigenvalue weighted by Crippen LogP contribution is -2.07. The smallest absolute Gasteiger partial charge is 0.158 e. The number of hydrogen-bond acceptors (Lipinski definition) is 7. The molecule has 2 heterocycles. The molecule has 0 radical (unpaired) electrons. The van der Waals surface area contributed by atoms with Crippen LogP contribution < -0.4 is 11.1 Å². The molecule has 0 amide bonds. The molecular weight excluding hydrogens is 246 g/mol. The van der Waals surface area contributed by atoms with Crippen LogP contribution in [0.25, 0.3) is 0 Å². The molecule has 19 heavy (non-hydrogen) atoms. The Balaban J connectivity index is 2.01. The van der Waals surface area contributed by atoms with Crippen molar-refractivity contribution in [2.75, 3.05) is 17.7 Å². The van der Waals surface area contributed by atoms with E-state index in [9.17, 15) is 0 Å². The van der Waals surface area contributed by atoms with Crippen LogP contribution in [-0.2, 0) is 17.9 Å². The van der Waals surface area contributed by atoms with Crippen LogP contribution >= 0.6 is 0 Å². The van der Waals surface area contributed by atoms with E-state index in [1.807, 2.05) is 19.9 Å². The van der Waals surface area contributed by atoms with Gasteiger partial charge in [0.15, 0.2) is 11.6 Å². The van der Waals surface area contributed by atoms with Crippen LogP contribution in [0.2, 0.25) is 0 Å². The topological polar surface area (TPSA) is 99.1 Å². The summed E-state index contributed by atoms with van der Waals surface area (Å²) in [6.07, 6.45) is 0. The summed E-state index contributed by atoms with van der Waals surface area (Å²) in [6.45, 7) is 5.23. The molecule has 0 aromatic carbocycles. The summed E-state index contributed by atoms with van der Waals surface area (Å²) in [5, 5.41) is 6.92. The van der Waals surface area contributed by atoms with E-state index in [0.29, 0.717) is 37.2 Å². The Bertz CT molecular complexity index is 541. The summed E-state index contributed by atoms with van der Waals surface area (Å²) >= 11 is 0. The van der Waals surface area contributed by atoms with Gasteiger partial charge in [0.05, 0.1) is 12.2 Å². The number of aryl methyl sites for hydroxylation is 1. The van der Waals surface area contributed by atoms with Gasteiger partial charge in [0.2, 0.25) is 0 Å². The minimum absolute atomic E-state index is 0.345. The predicted octanol–water partition coefficient (Wildman–Crippen LogP) is 1.50. The van der Waals surface area contributed by atoms with Gasteiger partial charge in [-0.2, -0.15) is 0 Å². The number of nitrogen functional groups attached to an aromatic ring is 1. The van der Waals surface area contributed by atoms with Crippen LogP contribution in [0.15, 0.2) is 16.7 Å². The average Bonchev–Trinajstić information content (AvgIpc) is 2.79. The van der Waals surface area contributed by atoms with Gasteiger partial charge >= 0.3 is 0 Å². The number of ether oxygens (including phenoxy) is 1. The fourth-order valence-electron chi connectivity index (χ4n) is 1.54. The molecule has 0 aliphatic rings. The van der Waals surface area contributed by atoms with Crippen molar-refractivity contribution in [2.45, 2.75) is 27.0 Å². The second-order valence-electron chi connectivity index (χ2n) is 4.02. The third-order valence-electron chi connectivity index (χ3n) is 2.35. The standard InChI is InChI=1S/C12H17N5O2/c1-3-18-7-12-15-10(13)5-11(16-12)14-6-9-4-8(2)17-19-9/h4-5H,3,6-7H2,1-2H3,(H3,13,14,15,16). The van der Waals surface area contributed by atoms with Crippen molar-refractivity contribution < 1.29 is 9.26 Å². The SMILES string of the molecule is CCOCc1nc(N)cc(NCc2cc(C)no2)n1. The zero-order chi connectivity index (χ0) is 13.7. The van der Waals surface area contributed by atoms with Crippen molar-refractivity contribution >= 4 is 11.6 Å². The third-order valence-corrected chi connectivity index (χ3v) is 2.35. The number of nitrogens with zero attached hydrogens (tertiary/aromatic N) is 3. The van der Waals surface area contributed by atoms with Crippen LogP contribution in [0.4, 0.5) is 11.6 Å². The van der Waals surface area contributed by atoms with Crippen molar-refractivity contribution in [2.24, 2.45) is 0 Å². The predicted molar refractivity (Wildman–Crippen MR) is 70.3 cm³/mol. The van der Waals surface area contributed by atoms with Crippen LogP contribution in [0.3, 0.4) is 0 Å². The number of rotatable bonds is 6. The van der Waals surface area contributed by atoms with Crippen LogP contribution in [0.1, 0.15) is 24.2 Å². The molecule has 0 unspecified atom stereocenters. The molecule has 2 aromatic heterocycles. The molecule has 2 aromatic rings. The van der Waals surface area contributed by atoms with Crippen molar-refractivity contribution in [3.05, 3.63) is 29.4 Å². The second kappa shape index (κ2) is 6.14. The van der Waals surface area contributed by atoms with E-state index in [-0.39, 0.29) is 0 Å². The molecule has 2 rings (SSSR count). The Morgan fingerprint density at radius 1 is 1.37 bits per heavy atom. The van der Waals surface area contributed by atoms with Crippen LogP contribution in [0.5, 0.6) is 0 Å². The third kappa shape index (κ3) is 3.92. The zero-order valence-electron chi connectivity index (χ0n) is 11.0. The van der Waals surface area contributed by atoms with Crippen LogP contribution in [0, 0.1) is 6.92 Å². The van der Waals surface area contributed by atoms with Gasteiger partial charge in [-0.25, -0.2) is 9.97 Å². The van der Waals surface area contributed by atoms with E-state index in [2.05, 4.69) is 20.4 Å². The quantitative estimate of drug-likeness (QED) is 0.814. The number of nitrogens with two attached hydrogens (primary N) is 1. The highest BCUT2D eigenvalue weighted by Gasteiger charge is 2.05. The molecular formula is C12H17N5O2. The first-order chi connectivity index (χ1) is 9.17. The molecule has 0 saturated carbocycles. The highest BCUT2D eigenvalue weighted by atomic mass is 16.5. The Morgan fingerprint density at radius 3 is 2.89 bits per heavy atom. The average molecular weight is 263 g/mol. The lowest BCUT2D eigenvalue weighted by molar-refractivity contribution is 0.128. The molecule has 0 bridgehead atoms. The van der Waals surface area contributed by atoms with E-state index < -0.39 is 0 Å². The summed E-state index contributed by atoms with van der Waals surface area (Å²) < 4.78 is 10.4. The second-order valence-corrected chi connectivity index (χ2v) is 4.02. The summed E-state index contributed by atoms with van der Waals surface area (Å²) in [6, 6.07) is 3.53. The van der Waals surface area contributed by atoms with E-state index in [1.54, 1.807) is 6.07 Å². The molecule has 0 atom stereocenters. The van der Waals surface area contributed by atoms with Gasteiger partial charge in [0.25, 0.3) is 0 Å². The van der Waals surface area contributed by atoms with Gasteiger partial charge in [-0.3, -0.25) is 0 Å². The minimum Gasteiger partial charge on any atom is -0.384 e. The maximum atomic E-state index is 5.72. The molecule has 0 fully saturated rings. The monoisotopic (exact) mass is 263 g/mol. The lowest BCUT2D eigenvalue weighted by atomic mass is 10.4. The largest absolute Gasteiger partial charge is 0.384 e. The van der Waals surface area contributed by atoms with Crippen molar-refractivity contribution in [3.8, 4) is 0 Å².